The van der Waals surface area contributed by atoms with Crippen LogP contribution in [0.5, 0.6) is 11.5 Å². The molecule has 1 atom stereocenters. The van der Waals surface area contributed by atoms with Gasteiger partial charge >= 0.3 is 0 Å². The zero-order valence-corrected chi connectivity index (χ0v) is 35.4. The summed E-state index contributed by atoms with van der Waals surface area (Å²) in [5, 5.41) is 0. The predicted molar refractivity (Wildman–Crippen MR) is 228 cm³/mol. The molecule has 0 amide bonds. The highest BCUT2D eigenvalue weighted by atomic mass is 16.5. The van der Waals surface area contributed by atoms with Gasteiger partial charge in [0.25, 0.3) is 0 Å². The number of hydrogen-bond acceptors (Lipinski definition) is 5. The molecular formula is C49H64N4O. The van der Waals surface area contributed by atoms with Crippen molar-refractivity contribution in [2.24, 2.45) is 10.4 Å². The van der Waals surface area contributed by atoms with Gasteiger partial charge < -0.3 is 9.64 Å². The molecule has 0 spiro atoms. The Morgan fingerprint density at radius 1 is 0.704 bits per heavy atom. The minimum atomic E-state index is -0.213. The first-order chi connectivity index (χ1) is 25.2. The first-order valence-electron chi connectivity index (χ1n) is 20.4. The van der Waals surface area contributed by atoms with Crippen LogP contribution in [0.4, 0.5) is 17.2 Å². The third-order valence-corrected chi connectivity index (χ3v) is 12.2. The van der Waals surface area contributed by atoms with E-state index in [2.05, 4.69) is 160 Å². The second kappa shape index (κ2) is 13.6. The molecule has 1 fully saturated rings. The largest absolute Gasteiger partial charge is 0.457 e. The van der Waals surface area contributed by atoms with E-state index in [9.17, 15) is 0 Å². The van der Waals surface area contributed by atoms with Crippen molar-refractivity contribution in [1.29, 1.82) is 0 Å². The number of benzene rings is 3. The van der Waals surface area contributed by atoms with E-state index in [1.807, 2.05) is 6.20 Å². The molecule has 54 heavy (non-hydrogen) atoms. The standard InChI is InChI=1S/C49H64N4O/c1-31-21-37(53-42-20-19-34(46(3,4)5)27-40(42)49(12,13)41-23-32(2)29-50-45(41)53)28-38(22-31)54-39-25-33(24-35(26-39)47(6,7)8)44-51-43(48(9,10)11)30-52(44)36-17-15-14-16-18-36/h19-29,36,43H,14-18,30H2,1-13H3/t43-/m0/s1. The Kier molecular flexibility index (Phi) is 9.59. The van der Waals surface area contributed by atoms with Crippen LogP contribution in [-0.4, -0.2) is 34.3 Å². The molecule has 4 aromatic rings. The van der Waals surface area contributed by atoms with Gasteiger partial charge in [0.15, 0.2) is 0 Å². The van der Waals surface area contributed by atoms with E-state index in [-0.39, 0.29) is 27.7 Å². The quantitative estimate of drug-likeness (QED) is 0.205. The number of fused-ring (bicyclic) bond motifs is 2. The van der Waals surface area contributed by atoms with E-state index >= 15 is 0 Å². The van der Waals surface area contributed by atoms with E-state index in [1.54, 1.807) is 0 Å². The normalized spacial score (nSPS) is 19.1. The van der Waals surface area contributed by atoms with Gasteiger partial charge in [-0.1, -0.05) is 108 Å². The fraction of sp³-hybridized carbons (Fsp3) is 0.510. The second-order valence-electron chi connectivity index (χ2n) is 20.2. The first-order valence-corrected chi connectivity index (χ1v) is 20.4. The van der Waals surface area contributed by atoms with Gasteiger partial charge in [-0.2, -0.15) is 0 Å². The van der Waals surface area contributed by atoms with Gasteiger partial charge in [-0.3, -0.25) is 9.89 Å². The molecule has 3 aromatic carbocycles. The van der Waals surface area contributed by atoms with Crippen LogP contribution in [0.25, 0.3) is 0 Å². The summed E-state index contributed by atoms with van der Waals surface area (Å²) in [4.78, 5) is 15.6. The third-order valence-electron chi connectivity index (χ3n) is 12.2. The van der Waals surface area contributed by atoms with Crippen molar-refractivity contribution in [3.05, 3.63) is 106 Å². The number of aliphatic imine (C=N–C) groups is 1. The summed E-state index contributed by atoms with van der Waals surface area (Å²) in [7, 11) is 0. The van der Waals surface area contributed by atoms with Crippen LogP contribution in [0.15, 0.2) is 71.9 Å². The van der Waals surface area contributed by atoms with Crippen molar-refractivity contribution in [3.63, 3.8) is 0 Å². The Bertz CT molecular complexity index is 2080. The summed E-state index contributed by atoms with van der Waals surface area (Å²) in [6.45, 7) is 30.7. The van der Waals surface area contributed by atoms with Crippen LogP contribution in [0.1, 0.15) is 147 Å². The highest BCUT2D eigenvalue weighted by molar-refractivity contribution is 6.01. The minimum absolute atomic E-state index is 0.0387. The Labute approximate surface area is 326 Å². The van der Waals surface area contributed by atoms with Gasteiger partial charge in [-0.25, -0.2) is 4.98 Å². The zero-order valence-electron chi connectivity index (χ0n) is 35.4. The molecule has 3 heterocycles. The SMILES string of the molecule is Cc1cc(Oc2cc(C3=N[C@H](C(C)(C)C)CN3C3CCCCC3)cc(C(C)(C)C)c2)cc(N2c3ccc(C(C)(C)C)cc3C(C)(C)c3cc(C)cnc32)c1. The topological polar surface area (TPSA) is 41.0 Å². The van der Waals surface area contributed by atoms with Crippen LogP contribution in [0.3, 0.4) is 0 Å². The Balaban J connectivity index is 1.33. The molecule has 0 radical (unpaired) electrons. The van der Waals surface area contributed by atoms with Crippen LogP contribution < -0.4 is 9.64 Å². The highest BCUT2D eigenvalue weighted by Gasteiger charge is 2.40. The highest BCUT2D eigenvalue weighted by Crippen LogP contribution is 2.52. The molecule has 5 heteroatoms. The van der Waals surface area contributed by atoms with E-state index in [1.165, 1.54) is 65.6 Å². The lowest BCUT2D eigenvalue weighted by Crippen LogP contribution is -2.42. The van der Waals surface area contributed by atoms with Gasteiger partial charge in [0.1, 0.15) is 23.2 Å². The molecule has 5 nitrogen and oxygen atoms in total. The number of nitrogens with zero attached hydrogens (tertiary/aromatic N) is 4. The van der Waals surface area contributed by atoms with Gasteiger partial charge in [0.2, 0.25) is 0 Å². The van der Waals surface area contributed by atoms with Crippen molar-refractivity contribution < 1.29 is 4.74 Å². The molecule has 3 aliphatic rings. The fourth-order valence-corrected chi connectivity index (χ4v) is 8.65. The van der Waals surface area contributed by atoms with E-state index in [0.29, 0.717) is 6.04 Å². The minimum Gasteiger partial charge on any atom is -0.457 e. The lowest BCUT2D eigenvalue weighted by Gasteiger charge is -2.42. The smallest absolute Gasteiger partial charge is 0.141 e. The van der Waals surface area contributed by atoms with Crippen LogP contribution in [0.2, 0.25) is 0 Å². The number of pyridine rings is 1. The third kappa shape index (κ3) is 7.32. The lowest BCUT2D eigenvalue weighted by molar-refractivity contribution is 0.218. The zero-order chi connectivity index (χ0) is 39.0. The number of hydrogen-bond donors (Lipinski definition) is 0. The molecule has 0 N–H and O–H groups in total. The van der Waals surface area contributed by atoms with Crippen molar-refractivity contribution in [2.45, 2.75) is 150 Å². The summed E-state index contributed by atoms with van der Waals surface area (Å²) in [6, 6.07) is 23.6. The number of anilines is 3. The first kappa shape index (κ1) is 38.2. The summed E-state index contributed by atoms with van der Waals surface area (Å²) in [5.74, 6) is 3.79. The van der Waals surface area contributed by atoms with Crippen molar-refractivity contribution in [3.8, 4) is 11.5 Å². The van der Waals surface area contributed by atoms with Gasteiger partial charge in [-0.05, 0) is 113 Å². The monoisotopic (exact) mass is 725 g/mol. The van der Waals surface area contributed by atoms with E-state index in [0.717, 1.165) is 46.5 Å². The summed E-state index contributed by atoms with van der Waals surface area (Å²) in [5.41, 5.74) is 10.7. The second-order valence-corrected chi connectivity index (χ2v) is 20.2. The Morgan fingerprint density at radius 3 is 2.06 bits per heavy atom. The van der Waals surface area contributed by atoms with Gasteiger partial charge in [0.05, 0.1) is 17.4 Å². The van der Waals surface area contributed by atoms with Crippen LogP contribution in [-0.2, 0) is 16.2 Å². The van der Waals surface area contributed by atoms with Crippen molar-refractivity contribution >= 4 is 23.0 Å². The molecule has 286 valence electrons. The number of rotatable bonds is 5. The molecule has 0 unspecified atom stereocenters. The molecule has 7 rings (SSSR count). The summed E-state index contributed by atoms with van der Waals surface area (Å²) in [6.07, 6.45) is 8.44. The van der Waals surface area contributed by atoms with Gasteiger partial charge in [-0.15, -0.1) is 0 Å². The Hall–Kier alpha value is -4.12. The molecule has 0 bridgehead atoms. The van der Waals surface area contributed by atoms with Crippen LogP contribution >= 0.6 is 0 Å². The number of aryl methyl sites for hydroxylation is 2. The predicted octanol–water partition coefficient (Wildman–Crippen LogP) is 13.0. The summed E-state index contributed by atoms with van der Waals surface area (Å²) < 4.78 is 6.98. The maximum atomic E-state index is 6.98. The molecule has 1 aromatic heterocycles. The van der Waals surface area contributed by atoms with Gasteiger partial charge in [0, 0.05) is 41.4 Å². The summed E-state index contributed by atoms with van der Waals surface area (Å²) >= 11 is 0. The van der Waals surface area contributed by atoms with E-state index in [4.69, 9.17) is 14.7 Å². The average Bonchev–Trinajstić information content (AvgIpc) is 3.55. The van der Waals surface area contributed by atoms with E-state index < -0.39 is 0 Å². The lowest BCUT2D eigenvalue weighted by atomic mass is 9.72. The average molecular weight is 725 g/mol. The van der Waals surface area contributed by atoms with Crippen molar-refractivity contribution in [2.75, 3.05) is 11.4 Å². The number of amidine groups is 1. The molecule has 1 saturated carbocycles. The molecule has 1 aliphatic carbocycles. The molecule has 0 saturated heterocycles. The number of ether oxygens (including phenoxy) is 1. The maximum absolute atomic E-state index is 6.98. The number of aromatic nitrogens is 1. The fourth-order valence-electron chi connectivity index (χ4n) is 8.65. The molecule has 2 aliphatic heterocycles. The van der Waals surface area contributed by atoms with Crippen molar-refractivity contribution in [1.82, 2.24) is 9.88 Å². The van der Waals surface area contributed by atoms with Crippen LogP contribution in [0, 0.1) is 19.3 Å². The molecular weight excluding hydrogens is 661 g/mol. The maximum Gasteiger partial charge on any atom is 0.141 e. The Morgan fingerprint density at radius 2 is 1.39 bits per heavy atom.